The Bertz CT molecular complexity index is 704. The molecule has 0 aliphatic rings. The lowest BCUT2D eigenvalue weighted by molar-refractivity contribution is 0.0698. The Hall–Kier alpha value is -2.50. The zero-order chi connectivity index (χ0) is 11.1. The molecule has 3 aromatic rings. The monoisotopic (exact) mass is 214 g/mol. The van der Waals surface area contributed by atoms with Crippen LogP contribution in [-0.4, -0.2) is 31.1 Å². The Balaban J connectivity index is 2.58. The van der Waals surface area contributed by atoms with Crippen molar-refractivity contribution in [3.05, 3.63) is 35.9 Å². The number of hydrogen-bond acceptors (Lipinski definition) is 4. The van der Waals surface area contributed by atoms with E-state index in [9.17, 15) is 4.79 Å². The van der Waals surface area contributed by atoms with Gasteiger partial charge in [0.1, 0.15) is 5.56 Å². The molecule has 0 aliphatic heterocycles. The first kappa shape index (κ1) is 8.78. The molecule has 2 aromatic heterocycles. The van der Waals surface area contributed by atoms with Gasteiger partial charge in [0, 0.05) is 5.39 Å². The maximum Gasteiger partial charge on any atom is 0.339 e. The van der Waals surface area contributed by atoms with Gasteiger partial charge in [0.05, 0.1) is 5.52 Å². The van der Waals surface area contributed by atoms with Crippen molar-refractivity contribution in [3.63, 3.8) is 0 Å². The molecule has 6 heteroatoms. The van der Waals surface area contributed by atoms with Gasteiger partial charge in [0.15, 0.2) is 5.65 Å². The van der Waals surface area contributed by atoms with Gasteiger partial charge < -0.3 is 5.11 Å². The summed E-state index contributed by atoms with van der Waals surface area (Å²) in [6.45, 7) is 0. The fourth-order valence-corrected chi connectivity index (χ4v) is 1.70. The van der Waals surface area contributed by atoms with Crippen molar-refractivity contribution >= 4 is 22.5 Å². The van der Waals surface area contributed by atoms with Crippen LogP contribution in [0.5, 0.6) is 0 Å². The van der Waals surface area contributed by atoms with Crippen LogP contribution >= 0.6 is 0 Å². The Morgan fingerprint density at radius 3 is 2.94 bits per heavy atom. The highest BCUT2D eigenvalue weighted by atomic mass is 16.4. The highest BCUT2D eigenvalue weighted by Gasteiger charge is 2.14. The normalized spacial score (nSPS) is 11.0. The molecule has 16 heavy (non-hydrogen) atoms. The lowest BCUT2D eigenvalue weighted by atomic mass is 10.1. The average Bonchev–Trinajstić information content (AvgIpc) is 2.76. The fourth-order valence-electron chi connectivity index (χ4n) is 1.70. The minimum atomic E-state index is -1.04. The lowest BCUT2D eigenvalue weighted by Crippen LogP contribution is -2.02. The Morgan fingerprint density at radius 1 is 1.31 bits per heavy atom. The van der Waals surface area contributed by atoms with Crippen LogP contribution < -0.4 is 0 Å². The van der Waals surface area contributed by atoms with Gasteiger partial charge in [-0.1, -0.05) is 18.2 Å². The molecule has 0 unspecified atom stereocenters. The number of fused-ring (bicyclic) bond motifs is 3. The van der Waals surface area contributed by atoms with Gasteiger partial charge in [-0.3, -0.25) is 0 Å². The second-order valence-electron chi connectivity index (χ2n) is 3.34. The van der Waals surface area contributed by atoms with Crippen LogP contribution in [0.15, 0.2) is 30.3 Å². The van der Waals surface area contributed by atoms with E-state index in [0.717, 1.165) is 10.9 Å². The largest absolute Gasteiger partial charge is 0.478 e. The highest BCUT2D eigenvalue weighted by Crippen LogP contribution is 2.18. The molecule has 0 aliphatic carbocycles. The summed E-state index contributed by atoms with van der Waals surface area (Å²) in [4.78, 5) is 11.0. The fraction of sp³-hybridized carbons (Fsp3) is 0. The summed E-state index contributed by atoms with van der Waals surface area (Å²) in [5.41, 5.74) is 1.14. The summed E-state index contributed by atoms with van der Waals surface area (Å²) < 4.78 is 1.43. The number of carboxylic acids is 1. The minimum Gasteiger partial charge on any atom is -0.478 e. The molecule has 0 saturated carbocycles. The number of carbonyl (C=O) groups is 1. The smallest absolute Gasteiger partial charge is 0.339 e. The third-order valence-electron chi connectivity index (χ3n) is 2.41. The number of aromatic nitrogens is 4. The molecular weight excluding hydrogens is 208 g/mol. The average molecular weight is 214 g/mol. The van der Waals surface area contributed by atoms with Crippen molar-refractivity contribution in [2.45, 2.75) is 0 Å². The zero-order valence-corrected chi connectivity index (χ0v) is 8.03. The number of carboxylic acid groups (broad SMARTS) is 1. The molecule has 0 amide bonds. The molecule has 0 bridgehead atoms. The van der Waals surface area contributed by atoms with Crippen LogP contribution in [0.3, 0.4) is 0 Å². The van der Waals surface area contributed by atoms with Gasteiger partial charge in [0.25, 0.3) is 0 Å². The Labute approximate surface area is 89.1 Å². The quantitative estimate of drug-likeness (QED) is 0.653. The molecule has 2 heterocycles. The second-order valence-corrected chi connectivity index (χ2v) is 3.34. The summed E-state index contributed by atoms with van der Waals surface area (Å²) in [7, 11) is 0. The van der Waals surface area contributed by atoms with E-state index in [-0.39, 0.29) is 11.2 Å². The van der Waals surface area contributed by atoms with E-state index in [4.69, 9.17) is 5.11 Å². The van der Waals surface area contributed by atoms with Crippen molar-refractivity contribution in [2.75, 3.05) is 0 Å². The predicted octanol–water partition coefficient (Wildman–Crippen LogP) is 0.976. The van der Waals surface area contributed by atoms with Gasteiger partial charge >= 0.3 is 5.97 Å². The van der Waals surface area contributed by atoms with Crippen LogP contribution in [0.25, 0.3) is 16.6 Å². The lowest BCUT2D eigenvalue weighted by Gasteiger charge is -2.01. The van der Waals surface area contributed by atoms with Crippen LogP contribution in [0.2, 0.25) is 0 Å². The zero-order valence-electron chi connectivity index (χ0n) is 8.03. The molecule has 0 saturated heterocycles. The molecule has 0 radical (unpaired) electrons. The number of hydrogen-bond donors (Lipinski definition) is 1. The van der Waals surface area contributed by atoms with Gasteiger partial charge in [0.2, 0.25) is 0 Å². The van der Waals surface area contributed by atoms with E-state index in [0.29, 0.717) is 0 Å². The van der Waals surface area contributed by atoms with Gasteiger partial charge in [-0.25, -0.2) is 4.79 Å². The maximum absolute atomic E-state index is 11.0. The van der Waals surface area contributed by atoms with E-state index in [1.807, 2.05) is 24.3 Å². The number of rotatable bonds is 1. The number of benzene rings is 1. The number of tetrazole rings is 1. The van der Waals surface area contributed by atoms with Gasteiger partial charge in [-0.2, -0.15) is 4.52 Å². The number of para-hydroxylation sites is 1. The van der Waals surface area contributed by atoms with Gasteiger partial charge in [-0.15, -0.1) is 5.10 Å². The maximum atomic E-state index is 11.0. The van der Waals surface area contributed by atoms with E-state index >= 15 is 0 Å². The third kappa shape index (κ3) is 1.07. The molecule has 0 atom stereocenters. The Morgan fingerprint density at radius 2 is 2.12 bits per heavy atom. The summed E-state index contributed by atoms with van der Waals surface area (Å²) in [6, 6.07) is 8.92. The first-order valence-corrected chi connectivity index (χ1v) is 4.60. The third-order valence-corrected chi connectivity index (χ3v) is 2.41. The van der Waals surface area contributed by atoms with Crippen molar-refractivity contribution in [1.29, 1.82) is 0 Å². The molecule has 0 fully saturated rings. The molecule has 78 valence electrons. The van der Waals surface area contributed by atoms with Crippen LogP contribution in [-0.2, 0) is 0 Å². The van der Waals surface area contributed by atoms with E-state index in [1.165, 1.54) is 4.52 Å². The van der Waals surface area contributed by atoms with Crippen molar-refractivity contribution in [1.82, 2.24) is 20.0 Å². The number of aromatic carboxylic acids is 1. The summed E-state index contributed by atoms with van der Waals surface area (Å²) in [5.74, 6) is -1.04. The second kappa shape index (κ2) is 2.99. The topological polar surface area (TPSA) is 80.4 Å². The molecule has 1 N–H and O–H groups in total. The van der Waals surface area contributed by atoms with Crippen molar-refractivity contribution in [3.8, 4) is 0 Å². The van der Waals surface area contributed by atoms with Gasteiger partial charge in [-0.05, 0) is 22.6 Å². The van der Waals surface area contributed by atoms with Crippen LogP contribution in [0.1, 0.15) is 10.4 Å². The van der Waals surface area contributed by atoms with Crippen LogP contribution in [0.4, 0.5) is 0 Å². The number of nitrogens with zero attached hydrogens (tertiary/aromatic N) is 4. The predicted molar refractivity (Wildman–Crippen MR) is 55.2 cm³/mol. The number of pyridine rings is 1. The standard InChI is InChI=1S/C10H6N4O2/c15-10(16)7-5-6-3-1-2-4-8(6)14-9(7)11-12-13-14/h1-5H,(H,15,16). The Kier molecular flexibility index (Phi) is 1.64. The van der Waals surface area contributed by atoms with E-state index in [2.05, 4.69) is 15.5 Å². The SMILES string of the molecule is O=C(O)c1cc2ccccc2n2nnnc12. The first-order chi connectivity index (χ1) is 7.77. The summed E-state index contributed by atoms with van der Waals surface area (Å²) >= 11 is 0. The summed E-state index contributed by atoms with van der Waals surface area (Å²) in [5, 5.41) is 20.8. The molecule has 1 aromatic carbocycles. The van der Waals surface area contributed by atoms with E-state index < -0.39 is 5.97 Å². The minimum absolute atomic E-state index is 0.101. The van der Waals surface area contributed by atoms with Crippen molar-refractivity contribution in [2.24, 2.45) is 0 Å². The molecule has 0 spiro atoms. The molecule has 3 rings (SSSR count). The van der Waals surface area contributed by atoms with E-state index in [1.54, 1.807) is 6.07 Å². The highest BCUT2D eigenvalue weighted by molar-refractivity contribution is 5.99. The first-order valence-electron chi connectivity index (χ1n) is 4.60. The molecular formula is C10H6N4O2. The summed E-state index contributed by atoms with van der Waals surface area (Å²) in [6.07, 6.45) is 0. The molecule has 6 nitrogen and oxygen atoms in total. The van der Waals surface area contributed by atoms with Crippen molar-refractivity contribution < 1.29 is 9.90 Å². The van der Waals surface area contributed by atoms with Crippen LogP contribution in [0, 0.1) is 0 Å².